The number of thioether (sulfide) groups is 1. The van der Waals surface area contributed by atoms with Gasteiger partial charge in [0.15, 0.2) is 5.60 Å². The summed E-state index contributed by atoms with van der Waals surface area (Å²) in [6.45, 7) is 1.89. The lowest BCUT2D eigenvalue weighted by Crippen LogP contribution is -2.35. The molecule has 5 aromatic rings. The Balaban J connectivity index is 1.57. The van der Waals surface area contributed by atoms with Crippen LogP contribution in [0.2, 0.25) is 0 Å². The van der Waals surface area contributed by atoms with E-state index in [-0.39, 0.29) is 0 Å². The van der Waals surface area contributed by atoms with Gasteiger partial charge < -0.3 is 19.3 Å². The van der Waals surface area contributed by atoms with Crippen LogP contribution in [-0.2, 0) is 17.0 Å². The van der Waals surface area contributed by atoms with Crippen LogP contribution in [0.3, 0.4) is 0 Å². The van der Waals surface area contributed by atoms with E-state index in [1.807, 2.05) is 73.7 Å². The maximum atomic E-state index is 12.2. The quantitative estimate of drug-likeness (QED) is 0.150. The highest BCUT2D eigenvalue weighted by molar-refractivity contribution is 7.98. The lowest BCUT2D eigenvalue weighted by atomic mass is 9.80. The van der Waals surface area contributed by atoms with E-state index in [0.717, 1.165) is 77.4 Å². The van der Waals surface area contributed by atoms with E-state index in [1.54, 1.807) is 26.0 Å². The van der Waals surface area contributed by atoms with Crippen molar-refractivity contribution in [2.45, 2.75) is 28.8 Å². The topological polar surface area (TPSA) is 47.9 Å². The van der Waals surface area contributed by atoms with E-state index in [4.69, 9.17) is 14.2 Å². The highest BCUT2D eigenvalue weighted by Gasteiger charge is 2.45. The Bertz CT molecular complexity index is 1860. The van der Waals surface area contributed by atoms with Gasteiger partial charge in [-0.1, -0.05) is 54.6 Å². The third-order valence-electron chi connectivity index (χ3n) is 8.86. The first-order valence-electron chi connectivity index (χ1n) is 14.2. The predicted molar refractivity (Wildman–Crippen MR) is 179 cm³/mol. The molecule has 1 heterocycles. The normalized spacial score (nSPS) is 17.6. The van der Waals surface area contributed by atoms with Gasteiger partial charge in [-0.2, -0.15) is 12.6 Å². The van der Waals surface area contributed by atoms with E-state index >= 15 is 0 Å². The zero-order valence-corrected chi connectivity index (χ0v) is 26.2. The Kier molecular flexibility index (Phi) is 6.77. The van der Waals surface area contributed by atoms with Gasteiger partial charge in [0.2, 0.25) is 0 Å². The molecule has 0 aromatic heterocycles. The first-order chi connectivity index (χ1) is 20.9. The molecule has 0 bridgehead atoms. The van der Waals surface area contributed by atoms with E-state index in [2.05, 4.69) is 49.2 Å². The molecule has 0 amide bonds. The molecule has 0 radical (unpaired) electrons. The Labute approximate surface area is 261 Å². The molecule has 4 nitrogen and oxygen atoms in total. The molecular weight excluding hydrogens is 573 g/mol. The van der Waals surface area contributed by atoms with Crippen LogP contribution in [0.1, 0.15) is 40.3 Å². The van der Waals surface area contributed by atoms with Crippen molar-refractivity contribution in [3.8, 4) is 28.4 Å². The van der Waals surface area contributed by atoms with Crippen LogP contribution in [0.25, 0.3) is 28.0 Å². The Morgan fingerprint density at radius 2 is 1.49 bits per heavy atom. The minimum absolute atomic E-state index is 0.610. The minimum Gasteiger partial charge on any atom is -0.497 e. The fraction of sp³-hybridized carbons (Fsp3) is 0.189. The number of ether oxygens (including phenoxy) is 3. The smallest absolute Gasteiger partial charge is 0.178 e. The van der Waals surface area contributed by atoms with Crippen molar-refractivity contribution in [3.63, 3.8) is 0 Å². The molecule has 1 aliphatic carbocycles. The molecular formula is C37H32O4S2. The summed E-state index contributed by atoms with van der Waals surface area (Å²) in [5, 5.41) is 14.2. The number of aliphatic hydroxyl groups is 1. The molecule has 1 atom stereocenters. The second-order valence-corrected chi connectivity index (χ2v) is 12.3. The van der Waals surface area contributed by atoms with Crippen molar-refractivity contribution in [1.82, 2.24) is 0 Å². The highest BCUT2D eigenvalue weighted by Crippen LogP contribution is 2.58. The average Bonchev–Trinajstić information content (AvgIpc) is 3.30. The van der Waals surface area contributed by atoms with Crippen molar-refractivity contribution in [2.24, 2.45) is 0 Å². The van der Waals surface area contributed by atoms with Crippen LogP contribution in [0, 0.1) is 0 Å². The summed E-state index contributed by atoms with van der Waals surface area (Å²) in [6.07, 6.45) is 6.34. The average molecular weight is 605 g/mol. The highest BCUT2D eigenvalue weighted by atomic mass is 32.2. The van der Waals surface area contributed by atoms with Crippen molar-refractivity contribution in [2.75, 3.05) is 20.5 Å². The van der Waals surface area contributed by atoms with Crippen LogP contribution in [0.4, 0.5) is 0 Å². The number of fused-ring (bicyclic) bond motifs is 8. The third kappa shape index (κ3) is 4.11. The van der Waals surface area contributed by atoms with Crippen molar-refractivity contribution >= 4 is 41.2 Å². The first-order valence-corrected chi connectivity index (χ1v) is 16.0. The van der Waals surface area contributed by atoms with Crippen molar-refractivity contribution in [3.05, 3.63) is 124 Å². The van der Waals surface area contributed by atoms with Gasteiger partial charge in [0.05, 0.1) is 14.2 Å². The van der Waals surface area contributed by atoms with Crippen LogP contribution in [0.5, 0.6) is 17.2 Å². The second kappa shape index (κ2) is 10.4. The molecule has 1 aliphatic heterocycles. The molecule has 0 saturated heterocycles. The van der Waals surface area contributed by atoms with E-state index in [9.17, 15) is 5.11 Å². The first kappa shape index (κ1) is 28.0. The van der Waals surface area contributed by atoms with Crippen LogP contribution >= 0.6 is 24.4 Å². The fourth-order valence-corrected chi connectivity index (χ4v) is 7.72. The molecule has 6 heteroatoms. The molecule has 1 unspecified atom stereocenters. The maximum Gasteiger partial charge on any atom is 0.178 e. The summed E-state index contributed by atoms with van der Waals surface area (Å²) in [7, 11) is 3.33. The van der Waals surface area contributed by atoms with Crippen LogP contribution < -0.4 is 14.2 Å². The third-order valence-corrected chi connectivity index (χ3v) is 10.0. The zero-order chi connectivity index (χ0) is 29.9. The number of rotatable bonds is 6. The minimum atomic E-state index is -1.20. The van der Waals surface area contributed by atoms with Gasteiger partial charge in [0.25, 0.3) is 0 Å². The Morgan fingerprint density at radius 1 is 0.860 bits per heavy atom. The predicted octanol–water partition coefficient (Wildman–Crippen LogP) is 8.59. The number of methoxy groups -OCH3 is 2. The molecule has 1 N–H and O–H groups in total. The van der Waals surface area contributed by atoms with Gasteiger partial charge in [-0.15, -0.1) is 11.8 Å². The van der Waals surface area contributed by atoms with E-state index in [0.29, 0.717) is 5.75 Å². The summed E-state index contributed by atoms with van der Waals surface area (Å²) in [5.74, 6) is 2.90. The van der Waals surface area contributed by atoms with Crippen LogP contribution in [-0.4, -0.2) is 25.6 Å². The molecule has 7 rings (SSSR count). The molecule has 43 heavy (non-hydrogen) atoms. The van der Waals surface area contributed by atoms with Gasteiger partial charge in [-0.3, -0.25) is 0 Å². The molecule has 2 aliphatic rings. The lowest BCUT2D eigenvalue weighted by Gasteiger charge is -2.38. The summed E-state index contributed by atoms with van der Waals surface area (Å²) >= 11 is 6.39. The number of thiol groups is 1. The summed E-state index contributed by atoms with van der Waals surface area (Å²) < 4.78 is 18.3. The van der Waals surface area contributed by atoms with Gasteiger partial charge >= 0.3 is 0 Å². The summed E-state index contributed by atoms with van der Waals surface area (Å²) in [5.41, 5.74) is 5.70. The van der Waals surface area contributed by atoms with Crippen molar-refractivity contribution < 1.29 is 19.3 Å². The molecule has 0 saturated carbocycles. The molecule has 0 fully saturated rings. The lowest BCUT2D eigenvalue weighted by molar-refractivity contribution is 0.105. The van der Waals surface area contributed by atoms with Gasteiger partial charge in [-0.25, -0.2) is 0 Å². The van der Waals surface area contributed by atoms with Crippen LogP contribution in [0.15, 0.2) is 95.9 Å². The maximum absolute atomic E-state index is 12.2. The summed E-state index contributed by atoms with van der Waals surface area (Å²) in [4.78, 5) is 1.15. The monoisotopic (exact) mass is 604 g/mol. The number of hydrogen-bond acceptors (Lipinski definition) is 6. The number of benzene rings is 5. The Hall–Kier alpha value is -3.84. The SMILES string of the molecule is COc1ccc(C2(c3ccc(OC)cc3)C=Cc3c4c(c5cc(CS)c(SC)cc5c3O2)-c2ccccc2C4(C)O)cc1. The molecule has 0 spiro atoms. The largest absolute Gasteiger partial charge is 0.497 e. The second-order valence-electron chi connectivity index (χ2n) is 11.1. The van der Waals surface area contributed by atoms with E-state index in [1.165, 1.54) is 0 Å². The summed E-state index contributed by atoms with van der Waals surface area (Å²) in [6, 6.07) is 28.6. The van der Waals surface area contributed by atoms with Gasteiger partial charge in [0, 0.05) is 38.3 Å². The molecule has 5 aromatic carbocycles. The molecule has 216 valence electrons. The standard InChI is InChI=1S/C37H32O4S2/c1-36(38)31-8-6-5-7-27(31)33-29-19-22(21-42)32(43-4)20-30(29)35-28(34(33)36)17-18-37(41-35,23-9-13-25(39-2)14-10-23)24-11-15-26(40-3)16-12-24/h5-20,38,42H,21H2,1-4H3. The van der Waals surface area contributed by atoms with Crippen molar-refractivity contribution in [1.29, 1.82) is 0 Å². The van der Waals surface area contributed by atoms with Gasteiger partial charge in [-0.05, 0) is 83.3 Å². The van der Waals surface area contributed by atoms with Gasteiger partial charge in [0.1, 0.15) is 22.8 Å². The van der Waals surface area contributed by atoms with E-state index < -0.39 is 11.2 Å². The fourth-order valence-electron chi connectivity index (χ4n) is 6.73. The zero-order valence-electron chi connectivity index (χ0n) is 24.5. The number of hydrogen-bond donors (Lipinski definition) is 2. The Morgan fingerprint density at radius 3 is 2.07 bits per heavy atom.